The molecule has 3 aromatic rings. The van der Waals surface area contributed by atoms with E-state index in [-0.39, 0.29) is 0 Å². The van der Waals surface area contributed by atoms with E-state index in [4.69, 9.17) is 14.2 Å². The number of hydrogen-bond donors (Lipinski definition) is 1. The Hall–Kier alpha value is -3.94. The van der Waals surface area contributed by atoms with Gasteiger partial charge in [0.2, 0.25) is 5.95 Å². The molecule has 0 bridgehead atoms. The molecule has 8 heteroatoms. The lowest BCUT2D eigenvalue weighted by Crippen LogP contribution is -2.09. The van der Waals surface area contributed by atoms with Crippen molar-refractivity contribution < 1.29 is 19.0 Å². The van der Waals surface area contributed by atoms with Gasteiger partial charge in [-0.05, 0) is 67.9 Å². The summed E-state index contributed by atoms with van der Waals surface area (Å²) in [7, 11) is 3.07. The fourth-order valence-corrected chi connectivity index (χ4v) is 2.68. The average Bonchev–Trinajstić information content (AvgIpc) is 2.74. The van der Waals surface area contributed by atoms with Gasteiger partial charge in [-0.15, -0.1) is 0 Å². The Kier molecular flexibility index (Phi) is 6.59. The van der Waals surface area contributed by atoms with E-state index in [0.29, 0.717) is 28.8 Å². The molecular weight excluding hydrogens is 384 g/mol. The first-order valence-electron chi connectivity index (χ1n) is 9.14. The van der Waals surface area contributed by atoms with Crippen LogP contribution in [0.3, 0.4) is 0 Å². The molecule has 2 aromatic carbocycles. The standard InChI is InChI=1S/C22H22N4O4/c1-14-11-15(2)25-22(24-14)26-23-13-16-5-10-19(20(12-16)29-4)30-21(27)17-6-8-18(28-3)9-7-17/h5-13H,1-4H3,(H,24,25,26)/b23-13-. The lowest BCUT2D eigenvalue weighted by molar-refractivity contribution is 0.0729. The molecular formula is C22H22N4O4. The van der Waals surface area contributed by atoms with E-state index in [1.54, 1.807) is 55.8 Å². The van der Waals surface area contributed by atoms with Crippen molar-refractivity contribution in [3.8, 4) is 17.2 Å². The van der Waals surface area contributed by atoms with Crippen molar-refractivity contribution in [2.24, 2.45) is 5.10 Å². The van der Waals surface area contributed by atoms with E-state index in [0.717, 1.165) is 17.0 Å². The Morgan fingerprint density at radius 2 is 1.63 bits per heavy atom. The van der Waals surface area contributed by atoms with Crippen molar-refractivity contribution in [2.75, 3.05) is 19.6 Å². The molecule has 0 fully saturated rings. The molecule has 0 spiro atoms. The number of benzene rings is 2. The summed E-state index contributed by atoms with van der Waals surface area (Å²) >= 11 is 0. The lowest BCUT2D eigenvalue weighted by Gasteiger charge is -2.10. The van der Waals surface area contributed by atoms with Crippen molar-refractivity contribution in [2.45, 2.75) is 13.8 Å². The third kappa shape index (κ3) is 5.32. The molecule has 0 amide bonds. The molecule has 1 heterocycles. The van der Waals surface area contributed by atoms with Crippen LogP contribution in [0.15, 0.2) is 53.6 Å². The minimum absolute atomic E-state index is 0.307. The Balaban J connectivity index is 1.69. The van der Waals surface area contributed by atoms with Crippen LogP contribution in [0.2, 0.25) is 0 Å². The number of aryl methyl sites for hydroxylation is 2. The molecule has 8 nitrogen and oxygen atoms in total. The lowest BCUT2D eigenvalue weighted by atomic mass is 10.2. The molecule has 30 heavy (non-hydrogen) atoms. The average molecular weight is 406 g/mol. The van der Waals surface area contributed by atoms with Crippen molar-refractivity contribution in [3.05, 3.63) is 71.0 Å². The van der Waals surface area contributed by atoms with Gasteiger partial charge in [0.25, 0.3) is 0 Å². The van der Waals surface area contributed by atoms with Gasteiger partial charge in [0.15, 0.2) is 11.5 Å². The summed E-state index contributed by atoms with van der Waals surface area (Å²) in [6.07, 6.45) is 1.60. The molecule has 1 N–H and O–H groups in total. The number of carbonyl (C=O) groups excluding carboxylic acids is 1. The van der Waals surface area contributed by atoms with E-state index in [1.165, 1.54) is 7.11 Å². The summed E-state index contributed by atoms with van der Waals surface area (Å²) < 4.78 is 15.9. The largest absolute Gasteiger partial charge is 0.497 e. The number of nitrogens with zero attached hydrogens (tertiary/aromatic N) is 3. The van der Waals surface area contributed by atoms with E-state index in [1.807, 2.05) is 19.9 Å². The number of aromatic nitrogens is 2. The summed E-state index contributed by atoms with van der Waals surface area (Å²) in [4.78, 5) is 20.9. The van der Waals surface area contributed by atoms with Crippen LogP contribution in [0.25, 0.3) is 0 Å². The molecule has 0 aliphatic carbocycles. The second kappa shape index (κ2) is 9.51. The van der Waals surface area contributed by atoms with Crippen molar-refractivity contribution in [1.29, 1.82) is 0 Å². The van der Waals surface area contributed by atoms with Gasteiger partial charge in [0.05, 0.1) is 26.0 Å². The first-order chi connectivity index (χ1) is 14.5. The fraction of sp³-hybridized carbons (Fsp3) is 0.182. The summed E-state index contributed by atoms with van der Waals surface area (Å²) in [5, 5.41) is 4.15. The second-order valence-corrected chi connectivity index (χ2v) is 6.37. The quantitative estimate of drug-likeness (QED) is 0.276. The highest BCUT2D eigenvalue weighted by molar-refractivity contribution is 5.91. The monoisotopic (exact) mass is 406 g/mol. The van der Waals surface area contributed by atoms with Gasteiger partial charge in [-0.3, -0.25) is 0 Å². The van der Waals surface area contributed by atoms with Crippen LogP contribution < -0.4 is 19.6 Å². The Labute approximate surface area is 174 Å². The van der Waals surface area contributed by atoms with Gasteiger partial charge in [-0.25, -0.2) is 20.2 Å². The van der Waals surface area contributed by atoms with Gasteiger partial charge in [-0.2, -0.15) is 5.10 Å². The smallest absolute Gasteiger partial charge is 0.343 e. The second-order valence-electron chi connectivity index (χ2n) is 6.37. The Morgan fingerprint density at radius 3 is 2.27 bits per heavy atom. The Bertz CT molecular complexity index is 1040. The SMILES string of the molecule is COc1ccc(C(=O)Oc2ccc(/C=N\Nc3nc(C)cc(C)n3)cc2OC)cc1. The summed E-state index contributed by atoms with van der Waals surface area (Å²) in [6.45, 7) is 3.78. The Morgan fingerprint density at radius 1 is 0.933 bits per heavy atom. The van der Waals surface area contributed by atoms with Crippen LogP contribution in [0.1, 0.15) is 27.3 Å². The number of hydrazone groups is 1. The van der Waals surface area contributed by atoms with Crippen LogP contribution in [-0.4, -0.2) is 36.4 Å². The first-order valence-corrected chi connectivity index (χ1v) is 9.14. The van der Waals surface area contributed by atoms with Crippen molar-refractivity contribution in [3.63, 3.8) is 0 Å². The maximum absolute atomic E-state index is 12.4. The minimum Gasteiger partial charge on any atom is -0.497 e. The predicted molar refractivity (Wildman–Crippen MR) is 114 cm³/mol. The van der Waals surface area contributed by atoms with Gasteiger partial charge < -0.3 is 14.2 Å². The number of rotatable bonds is 7. The molecule has 0 aliphatic rings. The third-order valence-corrected chi connectivity index (χ3v) is 4.08. The molecule has 1 aromatic heterocycles. The molecule has 154 valence electrons. The molecule has 0 unspecified atom stereocenters. The predicted octanol–water partition coefficient (Wildman–Crippen LogP) is 3.78. The number of anilines is 1. The number of esters is 1. The third-order valence-electron chi connectivity index (χ3n) is 4.08. The number of methoxy groups -OCH3 is 2. The number of hydrogen-bond acceptors (Lipinski definition) is 8. The van der Waals surface area contributed by atoms with Gasteiger partial charge in [0.1, 0.15) is 5.75 Å². The zero-order chi connectivity index (χ0) is 21.5. The molecule has 3 rings (SSSR count). The highest BCUT2D eigenvalue weighted by atomic mass is 16.6. The molecule has 0 radical (unpaired) electrons. The first kappa shape index (κ1) is 20.8. The molecule has 0 atom stereocenters. The van der Waals surface area contributed by atoms with Crippen molar-refractivity contribution >= 4 is 18.1 Å². The maximum Gasteiger partial charge on any atom is 0.343 e. The van der Waals surface area contributed by atoms with Crippen LogP contribution in [0, 0.1) is 13.8 Å². The summed E-state index contributed by atoms with van der Waals surface area (Å²) in [6, 6.07) is 13.7. The van der Waals surface area contributed by atoms with E-state index >= 15 is 0 Å². The van der Waals surface area contributed by atoms with Crippen molar-refractivity contribution in [1.82, 2.24) is 9.97 Å². The number of ether oxygens (including phenoxy) is 3. The van der Waals surface area contributed by atoms with Gasteiger partial charge >= 0.3 is 5.97 Å². The van der Waals surface area contributed by atoms with E-state index in [2.05, 4.69) is 20.5 Å². The highest BCUT2D eigenvalue weighted by Gasteiger charge is 2.13. The van der Waals surface area contributed by atoms with Crippen LogP contribution in [0.5, 0.6) is 17.2 Å². The molecule has 0 saturated heterocycles. The van der Waals surface area contributed by atoms with Gasteiger partial charge in [0, 0.05) is 11.4 Å². The van der Waals surface area contributed by atoms with Gasteiger partial charge in [-0.1, -0.05) is 0 Å². The number of nitrogens with one attached hydrogen (secondary N) is 1. The summed E-state index contributed by atoms with van der Waals surface area (Å²) in [5.74, 6) is 1.30. The highest BCUT2D eigenvalue weighted by Crippen LogP contribution is 2.28. The van der Waals surface area contributed by atoms with E-state index in [9.17, 15) is 4.79 Å². The molecule has 0 aliphatic heterocycles. The zero-order valence-electron chi connectivity index (χ0n) is 17.2. The topological polar surface area (TPSA) is 94.9 Å². The van der Waals surface area contributed by atoms with E-state index < -0.39 is 5.97 Å². The normalized spacial score (nSPS) is 10.7. The van der Waals surface area contributed by atoms with Crippen LogP contribution in [-0.2, 0) is 0 Å². The fourth-order valence-electron chi connectivity index (χ4n) is 2.68. The zero-order valence-corrected chi connectivity index (χ0v) is 17.2. The maximum atomic E-state index is 12.4. The van der Waals surface area contributed by atoms with Crippen LogP contribution in [0.4, 0.5) is 5.95 Å². The van der Waals surface area contributed by atoms with Crippen LogP contribution >= 0.6 is 0 Å². The summed E-state index contributed by atoms with van der Waals surface area (Å²) in [5.41, 5.74) is 5.65. The molecule has 0 saturated carbocycles. The number of carbonyl (C=O) groups is 1. The minimum atomic E-state index is -0.494.